The largest absolute Gasteiger partial charge is 0.300 e. The Kier molecular flexibility index (Phi) is 3.75. The monoisotopic (exact) mass is 208 g/mol. The van der Waals surface area contributed by atoms with Crippen molar-refractivity contribution in [3.63, 3.8) is 0 Å². The molecule has 0 aliphatic heterocycles. The van der Waals surface area contributed by atoms with Gasteiger partial charge in [0.1, 0.15) is 5.78 Å². The van der Waals surface area contributed by atoms with E-state index in [2.05, 4.69) is 27.7 Å². The lowest BCUT2D eigenvalue weighted by Gasteiger charge is -2.37. The molecule has 1 rings (SSSR count). The molecule has 1 unspecified atom stereocenters. The summed E-state index contributed by atoms with van der Waals surface area (Å²) in [6.07, 6.45) is 4.49. The summed E-state index contributed by atoms with van der Waals surface area (Å²) in [5.74, 6) is 0.738. The minimum Gasteiger partial charge on any atom is -0.300 e. The van der Waals surface area contributed by atoms with E-state index in [9.17, 15) is 4.79 Å². The summed E-state index contributed by atoms with van der Waals surface area (Å²) in [6, 6.07) is 0. The van der Waals surface area contributed by atoms with Crippen LogP contribution in [0.4, 0.5) is 0 Å². The molecule has 0 saturated carbocycles. The normalized spacial score (nSPS) is 22.7. The molecule has 1 aliphatic rings. The zero-order valence-corrected chi connectivity index (χ0v) is 10.8. The van der Waals surface area contributed by atoms with Crippen LogP contribution in [-0.2, 0) is 4.79 Å². The third kappa shape index (κ3) is 2.93. The maximum atomic E-state index is 11.2. The van der Waals surface area contributed by atoms with Gasteiger partial charge in [0.2, 0.25) is 0 Å². The van der Waals surface area contributed by atoms with Crippen LogP contribution in [0.3, 0.4) is 0 Å². The van der Waals surface area contributed by atoms with E-state index < -0.39 is 0 Å². The highest BCUT2D eigenvalue weighted by Gasteiger charge is 2.31. The lowest BCUT2D eigenvalue weighted by atomic mass is 9.67. The Morgan fingerprint density at radius 3 is 2.53 bits per heavy atom. The molecule has 0 spiro atoms. The molecule has 0 aromatic rings. The van der Waals surface area contributed by atoms with Gasteiger partial charge >= 0.3 is 0 Å². The van der Waals surface area contributed by atoms with Gasteiger partial charge in [-0.3, -0.25) is 0 Å². The van der Waals surface area contributed by atoms with Crippen molar-refractivity contribution in [3.05, 3.63) is 11.1 Å². The molecule has 1 nitrogen and oxygen atoms in total. The Hall–Kier alpha value is -0.590. The van der Waals surface area contributed by atoms with Crippen molar-refractivity contribution in [1.29, 1.82) is 0 Å². The van der Waals surface area contributed by atoms with Crippen LogP contribution < -0.4 is 0 Å². The molecule has 0 fully saturated rings. The van der Waals surface area contributed by atoms with E-state index in [0.29, 0.717) is 23.5 Å². The molecule has 1 heteroatoms. The van der Waals surface area contributed by atoms with Gasteiger partial charge in [0.15, 0.2) is 0 Å². The van der Waals surface area contributed by atoms with Crippen molar-refractivity contribution in [3.8, 4) is 0 Å². The number of hydrogen-bond donors (Lipinski definition) is 0. The van der Waals surface area contributed by atoms with E-state index in [0.717, 1.165) is 0 Å². The second kappa shape index (κ2) is 4.51. The summed E-state index contributed by atoms with van der Waals surface area (Å²) in [5.41, 5.74) is 3.38. The van der Waals surface area contributed by atoms with Crippen molar-refractivity contribution in [1.82, 2.24) is 0 Å². The fraction of sp³-hybridized carbons (Fsp3) is 0.786. The minimum absolute atomic E-state index is 0.303. The van der Waals surface area contributed by atoms with Crippen LogP contribution in [0.25, 0.3) is 0 Å². The quantitative estimate of drug-likeness (QED) is 0.637. The van der Waals surface area contributed by atoms with Crippen molar-refractivity contribution in [2.75, 3.05) is 0 Å². The maximum Gasteiger partial charge on any atom is 0.130 e. The van der Waals surface area contributed by atoms with Gasteiger partial charge in [-0.2, -0.15) is 0 Å². The molecule has 86 valence electrons. The molecule has 0 aromatic carbocycles. The summed E-state index contributed by atoms with van der Waals surface area (Å²) in [5, 5.41) is 0. The molecule has 15 heavy (non-hydrogen) atoms. The number of Topliss-reactive ketones (excluding diaryl/α,β-unsaturated/α-hetero) is 1. The summed E-state index contributed by atoms with van der Waals surface area (Å²) >= 11 is 0. The Labute approximate surface area is 93.9 Å². The second-order valence-electron chi connectivity index (χ2n) is 5.74. The molecular formula is C14H24O. The summed E-state index contributed by atoms with van der Waals surface area (Å²) in [7, 11) is 0. The highest BCUT2D eigenvalue weighted by atomic mass is 16.1. The van der Waals surface area contributed by atoms with Crippen molar-refractivity contribution in [2.24, 2.45) is 11.3 Å². The lowest BCUT2D eigenvalue weighted by molar-refractivity contribution is -0.117. The fourth-order valence-corrected chi connectivity index (χ4v) is 3.26. The summed E-state index contributed by atoms with van der Waals surface area (Å²) in [6.45, 7) is 10.8. The number of hydrogen-bond acceptors (Lipinski definition) is 1. The predicted octanol–water partition coefficient (Wildman–Crippen LogP) is 4.13. The Bertz CT molecular complexity index is 284. The SMILES string of the molecule is CC(=O)CC(C)C1=C(C)CCCC1(C)C. The Morgan fingerprint density at radius 1 is 1.47 bits per heavy atom. The van der Waals surface area contributed by atoms with Gasteiger partial charge in [0, 0.05) is 6.42 Å². The summed E-state index contributed by atoms with van der Waals surface area (Å²) in [4.78, 5) is 11.2. The predicted molar refractivity (Wildman–Crippen MR) is 64.8 cm³/mol. The second-order valence-corrected chi connectivity index (χ2v) is 5.74. The molecule has 0 saturated heterocycles. The van der Waals surface area contributed by atoms with Crippen LogP contribution in [0, 0.1) is 11.3 Å². The average Bonchev–Trinajstić information content (AvgIpc) is 1.99. The first-order valence-electron chi connectivity index (χ1n) is 6.04. The van der Waals surface area contributed by atoms with Crippen LogP contribution in [0.2, 0.25) is 0 Å². The van der Waals surface area contributed by atoms with Gasteiger partial charge in [-0.05, 0) is 44.4 Å². The van der Waals surface area contributed by atoms with Gasteiger partial charge in [-0.15, -0.1) is 0 Å². The molecule has 0 N–H and O–H groups in total. The minimum atomic E-state index is 0.303. The molecule has 1 aliphatic carbocycles. The van der Waals surface area contributed by atoms with Gasteiger partial charge in [-0.25, -0.2) is 0 Å². The van der Waals surface area contributed by atoms with Gasteiger partial charge in [0.25, 0.3) is 0 Å². The van der Waals surface area contributed by atoms with E-state index in [-0.39, 0.29) is 0 Å². The number of rotatable bonds is 3. The van der Waals surface area contributed by atoms with Gasteiger partial charge < -0.3 is 4.79 Å². The molecule has 0 radical (unpaired) electrons. The zero-order valence-electron chi connectivity index (χ0n) is 10.8. The van der Waals surface area contributed by atoms with E-state index in [1.807, 2.05) is 0 Å². The fourth-order valence-electron chi connectivity index (χ4n) is 3.26. The van der Waals surface area contributed by atoms with Crippen molar-refractivity contribution in [2.45, 2.75) is 60.3 Å². The van der Waals surface area contributed by atoms with Crippen LogP contribution >= 0.6 is 0 Å². The van der Waals surface area contributed by atoms with E-state index in [1.165, 1.54) is 24.8 Å². The summed E-state index contributed by atoms with van der Waals surface area (Å²) < 4.78 is 0. The first kappa shape index (κ1) is 12.5. The van der Waals surface area contributed by atoms with Crippen LogP contribution in [0.15, 0.2) is 11.1 Å². The first-order valence-corrected chi connectivity index (χ1v) is 6.04. The third-order valence-corrected chi connectivity index (χ3v) is 3.63. The van der Waals surface area contributed by atoms with E-state index in [4.69, 9.17) is 0 Å². The lowest BCUT2D eigenvalue weighted by Crippen LogP contribution is -2.25. The smallest absolute Gasteiger partial charge is 0.130 e. The number of allylic oxidation sites excluding steroid dienone is 2. The Balaban J connectivity index is 2.92. The highest BCUT2D eigenvalue weighted by molar-refractivity contribution is 5.76. The zero-order chi connectivity index (χ0) is 11.6. The highest BCUT2D eigenvalue weighted by Crippen LogP contribution is 2.44. The van der Waals surface area contributed by atoms with Crippen molar-refractivity contribution >= 4 is 5.78 Å². The van der Waals surface area contributed by atoms with Crippen LogP contribution in [0.1, 0.15) is 60.3 Å². The van der Waals surface area contributed by atoms with Crippen LogP contribution in [-0.4, -0.2) is 5.78 Å². The average molecular weight is 208 g/mol. The van der Waals surface area contributed by atoms with Crippen molar-refractivity contribution < 1.29 is 4.79 Å². The first-order chi connectivity index (χ1) is 6.84. The Morgan fingerprint density at radius 2 is 2.07 bits per heavy atom. The van der Waals surface area contributed by atoms with Crippen LogP contribution in [0.5, 0.6) is 0 Å². The molecule has 0 heterocycles. The standard InChI is InChI=1S/C14H24O/c1-10-7-6-8-14(4,5)13(10)11(2)9-12(3)15/h11H,6-9H2,1-5H3. The molecule has 0 bridgehead atoms. The number of carbonyl (C=O) groups excluding carboxylic acids is 1. The molecule has 0 aromatic heterocycles. The third-order valence-electron chi connectivity index (χ3n) is 3.63. The van der Waals surface area contributed by atoms with Gasteiger partial charge in [-0.1, -0.05) is 31.9 Å². The van der Waals surface area contributed by atoms with E-state index in [1.54, 1.807) is 12.5 Å². The molecular weight excluding hydrogens is 184 g/mol. The number of ketones is 1. The maximum absolute atomic E-state index is 11.2. The topological polar surface area (TPSA) is 17.1 Å². The van der Waals surface area contributed by atoms with Gasteiger partial charge in [0.05, 0.1) is 0 Å². The number of carbonyl (C=O) groups is 1. The molecule has 1 atom stereocenters. The molecule has 0 amide bonds. The van der Waals surface area contributed by atoms with E-state index >= 15 is 0 Å².